The predicted octanol–water partition coefficient (Wildman–Crippen LogP) is 5.44. The second kappa shape index (κ2) is 11.1. The standard InChI is InChI=1S/C24H39FN2O/c1-5-7-11-21-12-8-9-14-23(21)27-18-15-24(16-19-27,20(3)28)26(4)17-10-13-22(25)6-2/h6,10-11,13,23H,5,7-9,12,14-19H2,1-4H3/b13-10-,21-11+,22-6+. The number of Topliss-reactive ketones (excluding diaryl/α,β-unsaturated/α-hetero) is 1. The fourth-order valence-corrected chi connectivity index (χ4v) is 4.81. The maximum Gasteiger partial charge on any atom is 0.150 e. The fraction of sp³-hybridized carbons (Fsp3) is 0.708. The SMILES string of the molecule is C/C=C(F)\C=C/CN(C)C1(C(C)=O)CCN(C2CCCC/C2=C\CCC)CC1. The number of likely N-dealkylation sites (tertiary alicyclic amines) is 1. The van der Waals surface area contributed by atoms with Crippen LogP contribution < -0.4 is 0 Å². The van der Waals surface area contributed by atoms with Gasteiger partial charge in [-0.2, -0.15) is 0 Å². The molecule has 1 saturated heterocycles. The predicted molar refractivity (Wildman–Crippen MR) is 116 cm³/mol. The Morgan fingerprint density at radius 1 is 1.32 bits per heavy atom. The highest BCUT2D eigenvalue weighted by atomic mass is 19.1. The first-order valence-electron chi connectivity index (χ1n) is 11.1. The van der Waals surface area contributed by atoms with E-state index in [1.807, 2.05) is 13.1 Å². The molecule has 0 bridgehead atoms. The minimum atomic E-state index is -0.421. The molecule has 1 atom stereocenters. The molecule has 0 spiro atoms. The molecular weight excluding hydrogens is 351 g/mol. The van der Waals surface area contributed by atoms with Gasteiger partial charge in [0.1, 0.15) is 11.6 Å². The lowest BCUT2D eigenvalue weighted by Gasteiger charge is -2.48. The van der Waals surface area contributed by atoms with Gasteiger partial charge in [-0.1, -0.05) is 43.6 Å². The van der Waals surface area contributed by atoms with Gasteiger partial charge in [0.2, 0.25) is 0 Å². The highest BCUT2D eigenvalue weighted by Gasteiger charge is 2.43. The van der Waals surface area contributed by atoms with Crippen LogP contribution in [0.2, 0.25) is 0 Å². The average Bonchev–Trinajstić information content (AvgIpc) is 2.72. The Morgan fingerprint density at radius 2 is 2.04 bits per heavy atom. The van der Waals surface area contributed by atoms with Gasteiger partial charge in [0, 0.05) is 25.7 Å². The quantitative estimate of drug-likeness (QED) is 0.407. The van der Waals surface area contributed by atoms with Crippen molar-refractivity contribution in [3.05, 3.63) is 35.7 Å². The van der Waals surface area contributed by atoms with Crippen molar-refractivity contribution in [2.24, 2.45) is 0 Å². The van der Waals surface area contributed by atoms with Gasteiger partial charge in [-0.15, -0.1) is 0 Å². The molecule has 2 aliphatic rings. The lowest BCUT2D eigenvalue weighted by molar-refractivity contribution is -0.131. The van der Waals surface area contributed by atoms with Crippen molar-refractivity contribution < 1.29 is 9.18 Å². The van der Waals surface area contributed by atoms with Crippen molar-refractivity contribution in [3.63, 3.8) is 0 Å². The summed E-state index contributed by atoms with van der Waals surface area (Å²) in [6, 6.07) is 0.569. The second-order valence-electron chi connectivity index (χ2n) is 8.41. The molecule has 28 heavy (non-hydrogen) atoms. The summed E-state index contributed by atoms with van der Waals surface area (Å²) in [5, 5.41) is 0. The number of halogens is 1. The van der Waals surface area contributed by atoms with E-state index in [-0.39, 0.29) is 11.6 Å². The first kappa shape index (κ1) is 23.0. The zero-order chi connectivity index (χ0) is 20.6. The van der Waals surface area contributed by atoms with Crippen LogP contribution in [0.3, 0.4) is 0 Å². The Balaban J connectivity index is 2.04. The molecule has 1 aliphatic heterocycles. The van der Waals surface area contributed by atoms with Gasteiger partial charge in [0.15, 0.2) is 0 Å². The van der Waals surface area contributed by atoms with Gasteiger partial charge in [0.25, 0.3) is 0 Å². The summed E-state index contributed by atoms with van der Waals surface area (Å²) in [5.41, 5.74) is 1.21. The Morgan fingerprint density at radius 3 is 2.64 bits per heavy atom. The molecule has 1 unspecified atom stereocenters. The van der Waals surface area contributed by atoms with E-state index in [4.69, 9.17) is 0 Å². The molecule has 1 aliphatic carbocycles. The lowest BCUT2D eigenvalue weighted by Crippen LogP contribution is -2.59. The van der Waals surface area contributed by atoms with E-state index in [1.165, 1.54) is 50.7 Å². The minimum absolute atomic E-state index is 0.233. The van der Waals surface area contributed by atoms with E-state index < -0.39 is 5.54 Å². The molecule has 1 saturated carbocycles. The molecule has 2 rings (SSSR count). The van der Waals surface area contributed by atoms with E-state index in [0.717, 1.165) is 25.9 Å². The van der Waals surface area contributed by atoms with Gasteiger partial charge < -0.3 is 0 Å². The molecular formula is C24H39FN2O. The Bertz CT molecular complexity index is 600. The average molecular weight is 391 g/mol. The molecule has 0 aromatic rings. The van der Waals surface area contributed by atoms with E-state index in [9.17, 15) is 9.18 Å². The molecule has 0 aromatic carbocycles. The molecule has 0 N–H and O–H groups in total. The van der Waals surface area contributed by atoms with Crippen molar-refractivity contribution >= 4 is 5.78 Å². The van der Waals surface area contributed by atoms with Crippen molar-refractivity contribution in [3.8, 4) is 0 Å². The zero-order valence-corrected chi connectivity index (χ0v) is 18.3. The molecule has 1 heterocycles. The van der Waals surface area contributed by atoms with Crippen molar-refractivity contribution in [1.29, 1.82) is 0 Å². The number of likely N-dealkylation sites (N-methyl/N-ethyl adjacent to an activating group) is 1. The topological polar surface area (TPSA) is 23.6 Å². The molecule has 158 valence electrons. The number of rotatable bonds is 8. The van der Waals surface area contributed by atoms with Crippen LogP contribution in [0.15, 0.2) is 35.7 Å². The second-order valence-corrected chi connectivity index (χ2v) is 8.41. The lowest BCUT2D eigenvalue weighted by atomic mass is 9.80. The van der Waals surface area contributed by atoms with Crippen molar-refractivity contribution in [1.82, 2.24) is 9.80 Å². The number of hydrogen-bond donors (Lipinski definition) is 0. The van der Waals surface area contributed by atoms with Gasteiger partial charge in [-0.3, -0.25) is 14.6 Å². The van der Waals surface area contributed by atoms with Crippen molar-refractivity contribution in [2.75, 3.05) is 26.7 Å². The number of ketones is 1. The molecule has 3 nitrogen and oxygen atoms in total. The normalized spacial score (nSPS) is 25.7. The number of piperidine rings is 1. The van der Waals surface area contributed by atoms with Crippen LogP contribution in [0.25, 0.3) is 0 Å². The molecule has 4 heteroatoms. The molecule has 0 aromatic heterocycles. The molecule has 0 amide bonds. The number of allylic oxidation sites excluding steroid dienone is 4. The zero-order valence-electron chi connectivity index (χ0n) is 18.3. The summed E-state index contributed by atoms with van der Waals surface area (Å²) in [6.45, 7) is 8.16. The maximum absolute atomic E-state index is 13.3. The third kappa shape index (κ3) is 5.64. The summed E-state index contributed by atoms with van der Waals surface area (Å²) in [6.07, 6.45) is 16.4. The summed E-state index contributed by atoms with van der Waals surface area (Å²) >= 11 is 0. The Kier molecular flexibility index (Phi) is 9.10. The molecule has 0 radical (unpaired) electrons. The van der Waals surface area contributed by atoms with E-state index in [1.54, 1.807) is 19.4 Å². The van der Waals surface area contributed by atoms with Crippen molar-refractivity contribution in [2.45, 2.75) is 83.7 Å². The highest BCUT2D eigenvalue weighted by Crippen LogP contribution is 2.35. The van der Waals surface area contributed by atoms with Crippen LogP contribution in [0.5, 0.6) is 0 Å². The summed E-state index contributed by atoms with van der Waals surface area (Å²) in [7, 11) is 2.00. The van der Waals surface area contributed by atoms with Crippen LogP contribution in [0.1, 0.15) is 72.1 Å². The third-order valence-corrected chi connectivity index (χ3v) is 6.70. The Hall–Kier alpha value is -1.26. The molecule has 2 fully saturated rings. The van der Waals surface area contributed by atoms with E-state index in [2.05, 4.69) is 22.8 Å². The largest absolute Gasteiger partial charge is 0.298 e. The first-order valence-corrected chi connectivity index (χ1v) is 11.1. The number of unbranched alkanes of at least 4 members (excludes halogenated alkanes) is 1. The van der Waals surface area contributed by atoms with Crippen LogP contribution in [-0.4, -0.2) is 53.8 Å². The monoisotopic (exact) mass is 390 g/mol. The fourth-order valence-electron chi connectivity index (χ4n) is 4.81. The van der Waals surface area contributed by atoms with Gasteiger partial charge in [-0.25, -0.2) is 4.39 Å². The minimum Gasteiger partial charge on any atom is -0.298 e. The third-order valence-electron chi connectivity index (χ3n) is 6.70. The summed E-state index contributed by atoms with van der Waals surface area (Å²) in [5.74, 6) is 0.00346. The van der Waals surface area contributed by atoms with E-state index >= 15 is 0 Å². The smallest absolute Gasteiger partial charge is 0.150 e. The van der Waals surface area contributed by atoms with Crippen LogP contribution in [0.4, 0.5) is 4.39 Å². The van der Waals surface area contributed by atoms with Gasteiger partial charge in [0.05, 0.1) is 5.54 Å². The first-order chi connectivity index (χ1) is 13.4. The van der Waals surface area contributed by atoms with Crippen LogP contribution in [0, 0.1) is 0 Å². The van der Waals surface area contributed by atoms with Gasteiger partial charge in [-0.05, 0) is 65.5 Å². The summed E-state index contributed by atoms with van der Waals surface area (Å²) < 4.78 is 13.3. The van der Waals surface area contributed by atoms with Crippen LogP contribution in [-0.2, 0) is 4.79 Å². The highest BCUT2D eigenvalue weighted by molar-refractivity contribution is 5.86. The van der Waals surface area contributed by atoms with Gasteiger partial charge >= 0.3 is 0 Å². The number of hydrogen-bond acceptors (Lipinski definition) is 3. The number of carbonyl (C=O) groups is 1. The van der Waals surface area contributed by atoms with E-state index in [0.29, 0.717) is 12.6 Å². The maximum atomic E-state index is 13.3. The number of nitrogens with zero attached hydrogens (tertiary/aromatic N) is 2. The summed E-state index contributed by atoms with van der Waals surface area (Å²) in [4.78, 5) is 17.4. The Labute approximate surface area is 171 Å². The number of carbonyl (C=O) groups excluding carboxylic acids is 1. The van der Waals surface area contributed by atoms with Crippen LogP contribution >= 0.6 is 0 Å².